The first kappa shape index (κ1) is 13.8. The molecule has 2 rings (SSSR count). The molecule has 6 nitrogen and oxygen atoms in total. The van der Waals surface area contributed by atoms with E-state index in [9.17, 15) is 0 Å². The molecule has 19 heavy (non-hydrogen) atoms. The largest absolute Gasteiger partial charge is 0.356 e. The van der Waals surface area contributed by atoms with Crippen molar-refractivity contribution in [2.75, 3.05) is 13.6 Å². The molecule has 0 aromatic carbocycles. The molecule has 1 saturated carbocycles. The number of aliphatic imine (C=N–C) groups is 1. The van der Waals surface area contributed by atoms with E-state index in [1.54, 1.807) is 7.05 Å². The molecule has 0 saturated heterocycles. The second kappa shape index (κ2) is 6.04. The standard InChI is InChI=1S/C13H23N5O/c1-8(2)12-17-11(19-18-12)5-6-15-13(14-4)16-10-7-9(10)3/h8-10H,5-7H2,1-4H3,(H2,14,15,16). The highest BCUT2D eigenvalue weighted by Crippen LogP contribution is 2.28. The zero-order chi connectivity index (χ0) is 13.8. The van der Waals surface area contributed by atoms with Gasteiger partial charge in [-0.15, -0.1) is 0 Å². The fourth-order valence-electron chi connectivity index (χ4n) is 1.79. The van der Waals surface area contributed by atoms with Gasteiger partial charge in [-0.3, -0.25) is 4.99 Å². The van der Waals surface area contributed by atoms with Crippen LogP contribution in [0.15, 0.2) is 9.52 Å². The molecule has 1 heterocycles. The second-order valence-electron chi connectivity index (χ2n) is 5.41. The van der Waals surface area contributed by atoms with Crippen molar-refractivity contribution in [3.63, 3.8) is 0 Å². The van der Waals surface area contributed by atoms with E-state index in [4.69, 9.17) is 4.52 Å². The SMILES string of the molecule is CN=C(NCCc1nc(C(C)C)no1)NC1CC1C. The first-order chi connectivity index (χ1) is 9.10. The van der Waals surface area contributed by atoms with Gasteiger partial charge in [0.05, 0.1) is 0 Å². The second-order valence-corrected chi connectivity index (χ2v) is 5.41. The molecule has 1 aliphatic carbocycles. The summed E-state index contributed by atoms with van der Waals surface area (Å²) in [7, 11) is 1.78. The molecule has 6 heteroatoms. The average Bonchev–Trinajstić information content (AvgIpc) is 2.89. The number of hydrogen-bond acceptors (Lipinski definition) is 4. The highest BCUT2D eigenvalue weighted by Gasteiger charge is 2.33. The smallest absolute Gasteiger partial charge is 0.228 e. The van der Waals surface area contributed by atoms with Crippen LogP contribution in [0.2, 0.25) is 0 Å². The van der Waals surface area contributed by atoms with Crippen molar-refractivity contribution in [1.29, 1.82) is 0 Å². The molecule has 0 aliphatic heterocycles. The van der Waals surface area contributed by atoms with Crippen LogP contribution in [-0.4, -0.2) is 35.7 Å². The third-order valence-electron chi connectivity index (χ3n) is 3.29. The first-order valence-corrected chi connectivity index (χ1v) is 6.89. The third-order valence-corrected chi connectivity index (χ3v) is 3.29. The molecule has 0 spiro atoms. The van der Waals surface area contributed by atoms with Crippen LogP contribution in [0, 0.1) is 5.92 Å². The molecular weight excluding hydrogens is 242 g/mol. The number of rotatable bonds is 5. The van der Waals surface area contributed by atoms with Crippen LogP contribution in [0.25, 0.3) is 0 Å². The zero-order valence-corrected chi connectivity index (χ0v) is 12.1. The highest BCUT2D eigenvalue weighted by atomic mass is 16.5. The fraction of sp³-hybridized carbons (Fsp3) is 0.769. The minimum atomic E-state index is 0.302. The minimum absolute atomic E-state index is 0.302. The van der Waals surface area contributed by atoms with Crippen LogP contribution in [0.1, 0.15) is 44.8 Å². The van der Waals surface area contributed by atoms with Crippen molar-refractivity contribution in [1.82, 2.24) is 20.8 Å². The van der Waals surface area contributed by atoms with E-state index in [-0.39, 0.29) is 0 Å². The van der Waals surface area contributed by atoms with Crippen molar-refractivity contribution < 1.29 is 4.52 Å². The van der Waals surface area contributed by atoms with Crippen LogP contribution in [0.5, 0.6) is 0 Å². The Hall–Kier alpha value is -1.59. The first-order valence-electron chi connectivity index (χ1n) is 6.89. The van der Waals surface area contributed by atoms with E-state index in [1.165, 1.54) is 6.42 Å². The summed E-state index contributed by atoms with van der Waals surface area (Å²) in [5, 5.41) is 10.6. The van der Waals surface area contributed by atoms with Gasteiger partial charge in [-0.25, -0.2) is 0 Å². The molecule has 0 amide bonds. The number of guanidine groups is 1. The molecule has 106 valence electrons. The van der Waals surface area contributed by atoms with Gasteiger partial charge in [0.15, 0.2) is 11.8 Å². The summed E-state index contributed by atoms with van der Waals surface area (Å²) >= 11 is 0. The lowest BCUT2D eigenvalue weighted by Gasteiger charge is -2.10. The van der Waals surface area contributed by atoms with Crippen molar-refractivity contribution in [3.05, 3.63) is 11.7 Å². The molecule has 0 bridgehead atoms. The maximum Gasteiger partial charge on any atom is 0.228 e. The number of aromatic nitrogens is 2. The fourth-order valence-corrected chi connectivity index (χ4v) is 1.79. The maximum atomic E-state index is 5.19. The van der Waals surface area contributed by atoms with E-state index in [0.29, 0.717) is 24.3 Å². The van der Waals surface area contributed by atoms with Gasteiger partial charge in [-0.05, 0) is 12.3 Å². The van der Waals surface area contributed by atoms with E-state index >= 15 is 0 Å². The molecular formula is C13H23N5O. The lowest BCUT2D eigenvalue weighted by atomic mass is 10.2. The van der Waals surface area contributed by atoms with Crippen LogP contribution in [0.3, 0.4) is 0 Å². The van der Waals surface area contributed by atoms with E-state index in [2.05, 4.69) is 46.5 Å². The Morgan fingerprint density at radius 2 is 2.26 bits per heavy atom. The summed E-state index contributed by atoms with van der Waals surface area (Å²) in [4.78, 5) is 8.53. The minimum Gasteiger partial charge on any atom is -0.356 e. The Bertz CT molecular complexity index is 440. The Morgan fingerprint density at radius 1 is 1.53 bits per heavy atom. The summed E-state index contributed by atoms with van der Waals surface area (Å²) in [5.74, 6) is 3.34. The molecule has 1 aliphatic rings. The highest BCUT2D eigenvalue weighted by molar-refractivity contribution is 5.80. The van der Waals surface area contributed by atoms with Crippen LogP contribution >= 0.6 is 0 Å². The quantitative estimate of drug-likeness (QED) is 0.620. The number of hydrogen-bond donors (Lipinski definition) is 2. The van der Waals surface area contributed by atoms with E-state index in [0.717, 1.165) is 24.2 Å². The Morgan fingerprint density at radius 3 is 2.79 bits per heavy atom. The zero-order valence-electron chi connectivity index (χ0n) is 12.1. The summed E-state index contributed by atoms with van der Waals surface area (Å²) in [6.07, 6.45) is 1.93. The summed E-state index contributed by atoms with van der Waals surface area (Å²) < 4.78 is 5.19. The van der Waals surface area contributed by atoms with Gasteiger partial charge in [0.25, 0.3) is 0 Å². The topological polar surface area (TPSA) is 75.3 Å². The molecule has 2 unspecified atom stereocenters. The van der Waals surface area contributed by atoms with Gasteiger partial charge >= 0.3 is 0 Å². The predicted octanol–water partition coefficient (Wildman–Crippen LogP) is 1.31. The van der Waals surface area contributed by atoms with E-state index in [1.807, 2.05) is 0 Å². The lowest BCUT2D eigenvalue weighted by Crippen LogP contribution is -2.39. The van der Waals surface area contributed by atoms with Crippen molar-refractivity contribution in [3.8, 4) is 0 Å². The van der Waals surface area contributed by atoms with Crippen molar-refractivity contribution in [2.24, 2.45) is 10.9 Å². The lowest BCUT2D eigenvalue weighted by molar-refractivity contribution is 0.371. The molecule has 1 aromatic heterocycles. The Labute approximate surface area is 114 Å². The normalized spacial score (nSPS) is 22.7. The van der Waals surface area contributed by atoms with E-state index < -0.39 is 0 Å². The molecule has 1 aromatic rings. The van der Waals surface area contributed by atoms with Crippen molar-refractivity contribution >= 4 is 5.96 Å². The van der Waals surface area contributed by atoms with Gasteiger partial charge in [0, 0.05) is 32.0 Å². The maximum absolute atomic E-state index is 5.19. The van der Waals surface area contributed by atoms with Crippen LogP contribution in [-0.2, 0) is 6.42 Å². The number of nitrogens with zero attached hydrogens (tertiary/aromatic N) is 3. The van der Waals surface area contributed by atoms with Gasteiger partial charge in [0.2, 0.25) is 5.89 Å². The van der Waals surface area contributed by atoms with Gasteiger partial charge in [0.1, 0.15) is 0 Å². The van der Waals surface area contributed by atoms with Gasteiger partial charge < -0.3 is 15.2 Å². The molecule has 2 atom stereocenters. The number of nitrogens with one attached hydrogen (secondary N) is 2. The predicted molar refractivity (Wildman–Crippen MR) is 74.2 cm³/mol. The summed E-state index contributed by atoms with van der Waals surface area (Å²) in [6, 6.07) is 0.571. The van der Waals surface area contributed by atoms with Crippen LogP contribution in [0.4, 0.5) is 0 Å². The monoisotopic (exact) mass is 265 g/mol. The third kappa shape index (κ3) is 3.94. The van der Waals surface area contributed by atoms with Crippen LogP contribution < -0.4 is 10.6 Å². The summed E-state index contributed by atoms with van der Waals surface area (Å²) in [6.45, 7) is 7.07. The molecule has 2 N–H and O–H groups in total. The van der Waals surface area contributed by atoms with Gasteiger partial charge in [-0.1, -0.05) is 25.9 Å². The molecule has 0 radical (unpaired) electrons. The van der Waals surface area contributed by atoms with Crippen molar-refractivity contribution in [2.45, 2.75) is 45.6 Å². The van der Waals surface area contributed by atoms with Gasteiger partial charge in [-0.2, -0.15) is 4.98 Å². The summed E-state index contributed by atoms with van der Waals surface area (Å²) in [5.41, 5.74) is 0. The Kier molecular flexibility index (Phi) is 4.39. The average molecular weight is 265 g/mol. The Balaban J connectivity index is 1.72. The molecule has 1 fully saturated rings.